The van der Waals surface area contributed by atoms with E-state index in [1.165, 1.54) is 11.1 Å². The summed E-state index contributed by atoms with van der Waals surface area (Å²) < 4.78 is 5.39. The van der Waals surface area contributed by atoms with Crippen LogP contribution in [0.25, 0.3) is 0 Å². The third-order valence-electron chi connectivity index (χ3n) is 5.35. The molecule has 1 saturated heterocycles. The van der Waals surface area contributed by atoms with Gasteiger partial charge in [-0.25, -0.2) is 0 Å². The highest BCUT2D eigenvalue weighted by Gasteiger charge is 2.16. The Balaban J connectivity index is 1.57. The summed E-state index contributed by atoms with van der Waals surface area (Å²) in [5, 5.41) is 3.11. The quantitative estimate of drug-likeness (QED) is 0.840. The summed E-state index contributed by atoms with van der Waals surface area (Å²) in [4.78, 5) is 15.0. The molecule has 1 amide bonds. The molecule has 4 nitrogen and oxygen atoms in total. The molecule has 2 aromatic rings. The van der Waals surface area contributed by atoms with Crippen molar-refractivity contribution < 1.29 is 9.53 Å². The van der Waals surface area contributed by atoms with Crippen LogP contribution in [0.1, 0.15) is 60.8 Å². The van der Waals surface area contributed by atoms with E-state index < -0.39 is 0 Å². The molecule has 1 heterocycles. The maximum Gasteiger partial charge on any atom is 0.251 e. The maximum atomic E-state index is 12.6. The molecular formula is C24H32N2O2. The number of benzene rings is 2. The fraction of sp³-hybridized carbons (Fsp3) is 0.458. The number of carbonyl (C=O) groups is 1. The highest BCUT2D eigenvalue weighted by molar-refractivity contribution is 5.94. The van der Waals surface area contributed by atoms with E-state index in [0.717, 1.165) is 38.4 Å². The van der Waals surface area contributed by atoms with Gasteiger partial charge in [0, 0.05) is 25.2 Å². The summed E-state index contributed by atoms with van der Waals surface area (Å²) in [6, 6.07) is 16.4. The summed E-state index contributed by atoms with van der Waals surface area (Å²) in [6.07, 6.45) is 0. The van der Waals surface area contributed by atoms with E-state index in [2.05, 4.69) is 55.3 Å². The maximum absolute atomic E-state index is 12.6. The molecule has 4 heteroatoms. The molecule has 150 valence electrons. The van der Waals surface area contributed by atoms with Crippen molar-refractivity contribution in [3.8, 4) is 0 Å². The number of hydrogen-bond acceptors (Lipinski definition) is 3. The van der Waals surface area contributed by atoms with Gasteiger partial charge in [-0.05, 0) is 41.2 Å². The number of carbonyl (C=O) groups excluding carboxylic acids is 1. The third kappa shape index (κ3) is 5.43. The van der Waals surface area contributed by atoms with Crippen molar-refractivity contribution in [2.45, 2.75) is 45.7 Å². The fourth-order valence-corrected chi connectivity index (χ4v) is 3.41. The normalized spacial score (nSPS) is 16.6. The van der Waals surface area contributed by atoms with Gasteiger partial charge in [0.15, 0.2) is 0 Å². The molecule has 0 saturated carbocycles. The Hall–Kier alpha value is -2.17. The molecule has 1 aliphatic heterocycles. The van der Waals surface area contributed by atoms with Gasteiger partial charge in [0.1, 0.15) is 0 Å². The minimum absolute atomic E-state index is 0.0328. The largest absolute Gasteiger partial charge is 0.379 e. The van der Waals surface area contributed by atoms with Crippen molar-refractivity contribution >= 4 is 5.91 Å². The molecule has 0 aliphatic carbocycles. The first-order valence-corrected chi connectivity index (χ1v) is 10.1. The van der Waals surface area contributed by atoms with Crippen LogP contribution in [0, 0.1) is 0 Å². The Morgan fingerprint density at radius 3 is 2.21 bits per heavy atom. The molecule has 28 heavy (non-hydrogen) atoms. The SMILES string of the molecule is CC(NC(=O)c1ccc(CN2CCOCC2)cc1)c1ccc(C(C)(C)C)cc1. The number of rotatable bonds is 5. The molecular weight excluding hydrogens is 348 g/mol. The first-order valence-electron chi connectivity index (χ1n) is 10.1. The van der Waals surface area contributed by atoms with E-state index in [0.29, 0.717) is 5.56 Å². The number of amides is 1. The lowest BCUT2D eigenvalue weighted by Gasteiger charge is -2.26. The molecule has 1 N–H and O–H groups in total. The van der Waals surface area contributed by atoms with Crippen LogP contribution in [0.4, 0.5) is 0 Å². The van der Waals surface area contributed by atoms with E-state index >= 15 is 0 Å². The lowest BCUT2D eigenvalue weighted by molar-refractivity contribution is 0.0342. The highest BCUT2D eigenvalue weighted by atomic mass is 16.5. The predicted molar refractivity (Wildman–Crippen MR) is 114 cm³/mol. The summed E-state index contributed by atoms with van der Waals surface area (Å²) >= 11 is 0. The molecule has 1 fully saturated rings. The summed E-state index contributed by atoms with van der Waals surface area (Å²) in [5.74, 6) is -0.0367. The fourth-order valence-electron chi connectivity index (χ4n) is 3.41. The van der Waals surface area contributed by atoms with Crippen LogP contribution in [-0.4, -0.2) is 37.1 Å². The smallest absolute Gasteiger partial charge is 0.251 e. The van der Waals surface area contributed by atoms with Crippen LogP contribution in [0.5, 0.6) is 0 Å². The van der Waals surface area contributed by atoms with Gasteiger partial charge in [0.25, 0.3) is 5.91 Å². The second-order valence-electron chi connectivity index (χ2n) is 8.65. The third-order valence-corrected chi connectivity index (χ3v) is 5.35. The lowest BCUT2D eigenvalue weighted by atomic mass is 9.86. The monoisotopic (exact) mass is 380 g/mol. The standard InChI is InChI=1S/C24H32N2O2/c1-18(20-9-11-22(12-10-20)24(2,3)4)25-23(27)21-7-5-19(6-8-21)17-26-13-15-28-16-14-26/h5-12,18H,13-17H2,1-4H3,(H,25,27). The van der Waals surface area contributed by atoms with Crippen LogP contribution in [0.3, 0.4) is 0 Å². The zero-order valence-corrected chi connectivity index (χ0v) is 17.5. The Kier molecular flexibility index (Phi) is 6.53. The summed E-state index contributed by atoms with van der Waals surface area (Å²) in [7, 11) is 0. The van der Waals surface area contributed by atoms with E-state index in [9.17, 15) is 4.79 Å². The van der Waals surface area contributed by atoms with E-state index in [4.69, 9.17) is 4.74 Å². The number of ether oxygens (including phenoxy) is 1. The molecule has 0 spiro atoms. The number of nitrogens with one attached hydrogen (secondary N) is 1. The van der Waals surface area contributed by atoms with Crippen LogP contribution in [0.15, 0.2) is 48.5 Å². The Labute approximate surface area is 168 Å². The van der Waals surface area contributed by atoms with E-state index in [-0.39, 0.29) is 17.4 Å². The minimum atomic E-state index is -0.0367. The first-order chi connectivity index (χ1) is 13.3. The van der Waals surface area contributed by atoms with Crippen LogP contribution >= 0.6 is 0 Å². The van der Waals surface area contributed by atoms with Crippen molar-refractivity contribution in [3.63, 3.8) is 0 Å². The van der Waals surface area contributed by atoms with Gasteiger partial charge in [-0.1, -0.05) is 57.2 Å². The molecule has 0 aromatic heterocycles. The number of hydrogen-bond donors (Lipinski definition) is 1. The molecule has 0 bridgehead atoms. The van der Waals surface area contributed by atoms with E-state index in [1.807, 2.05) is 31.2 Å². The molecule has 3 rings (SSSR count). The van der Waals surface area contributed by atoms with Gasteiger partial charge in [-0.3, -0.25) is 9.69 Å². The lowest BCUT2D eigenvalue weighted by Crippen LogP contribution is -2.35. The average Bonchev–Trinajstić information content (AvgIpc) is 2.68. The van der Waals surface area contributed by atoms with Gasteiger partial charge in [0.2, 0.25) is 0 Å². The number of morpholine rings is 1. The van der Waals surface area contributed by atoms with Crippen LogP contribution in [0.2, 0.25) is 0 Å². The van der Waals surface area contributed by atoms with Crippen LogP contribution in [-0.2, 0) is 16.7 Å². The Morgan fingerprint density at radius 2 is 1.64 bits per heavy atom. The highest BCUT2D eigenvalue weighted by Crippen LogP contribution is 2.24. The van der Waals surface area contributed by atoms with E-state index in [1.54, 1.807) is 0 Å². The zero-order valence-electron chi connectivity index (χ0n) is 17.5. The molecule has 0 radical (unpaired) electrons. The minimum Gasteiger partial charge on any atom is -0.379 e. The number of nitrogens with zero attached hydrogens (tertiary/aromatic N) is 1. The zero-order chi connectivity index (χ0) is 20.1. The Bertz CT molecular complexity index is 770. The molecule has 2 aromatic carbocycles. The summed E-state index contributed by atoms with van der Waals surface area (Å²) in [5.41, 5.74) is 4.47. The molecule has 1 unspecified atom stereocenters. The molecule has 1 aliphatic rings. The van der Waals surface area contributed by atoms with Gasteiger partial charge in [0.05, 0.1) is 19.3 Å². The first kappa shape index (κ1) is 20.6. The van der Waals surface area contributed by atoms with Crippen molar-refractivity contribution in [3.05, 3.63) is 70.8 Å². The Morgan fingerprint density at radius 1 is 1.04 bits per heavy atom. The van der Waals surface area contributed by atoms with Crippen LogP contribution < -0.4 is 5.32 Å². The van der Waals surface area contributed by atoms with Gasteiger partial charge < -0.3 is 10.1 Å². The predicted octanol–water partition coefficient (Wildman–Crippen LogP) is 4.31. The second kappa shape index (κ2) is 8.89. The average molecular weight is 381 g/mol. The van der Waals surface area contributed by atoms with Crippen molar-refractivity contribution in [1.29, 1.82) is 0 Å². The van der Waals surface area contributed by atoms with Gasteiger partial charge in [-0.15, -0.1) is 0 Å². The van der Waals surface area contributed by atoms with Crippen molar-refractivity contribution in [2.24, 2.45) is 0 Å². The van der Waals surface area contributed by atoms with Crippen molar-refractivity contribution in [1.82, 2.24) is 10.2 Å². The second-order valence-corrected chi connectivity index (χ2v) is 8.65. The van der Waals surface area contributed by atoms with Gasteiger partial charge in [-0.2, -0.15) is 0 Å². The topological polar surface area (TPSA) is 41.6 Å². The van der Waals surface area contributed by atoms with Crippen molar-refractivity contribution in [2.75, 3.05) is 26.3 Å². The van der Waals surface area contributed by atoms with Gasteiger partial charge >= 0.3 is 0 Å². The molecule has 1 atom stereocenters. The summed E-state index contributed by atoms with van der Waals surface area (Å²) in [6.45, 7) is 13.1.